The van der Waals surface area contributed by atoms with Crippen LogP contribution in [-0.4, -0.2) is 15.5 Å². The zero-order valence-electron chi connectivity index (χ0n) is 11.3. The van der Waals surface area contributed by atoms with Gasteiger partial charge in [-0.1, -0.05) is 12.1 Å². The summed E-state index contributed by atoms with van der Waals surface area (Å²) in [5, 5.41) is 0. The molecule has 2 N–H and O–H groups in total. The zero-order chi connectivity index (χ0) is 15.6. The molecule has 2 rings (SSSR count). The van der Waals surface area contributed by atoms with Gasteiger partial charge >= 0.3 is 0 Å². The van der Waals surface area contributed by atoms with Crippen LogP contribution >= 0.6 is 0 Å². The average molecular weight is 312 g/mol. The highest BCUT2D eigenvalue weighted by atomic mass is 32.2. The van der Waals surface area contributed by atoms with Gasteiger partial charge in [-0.3, -0.25) is 4.31 Å². The number of hydrogen-bond acceptors (Lipinski definition) is 3. The van der Waals surface area contributed by atoms with Gasteiger partial charge in [0.05, 0.1) is 5.69 Å². The van der Waals surface area contributed by atoms with Gasteiger partial charge in [-0.05, 0) is 35.9 Å². The van der Waals surface area contributed by atoms with Gasteiger partial charge in [-0.15, -0.1) is 0 Å². The number of sulfonamides is 1. The minimum Gasteiger partial charge on any atom is -0.326 e. The van der Waals surface area contributed by atoms with E-state index >= 15 is 0 Å². The summed E-state index contributed by atoms with van der Waals surface area (Å²) in [5.74, 6) is -1.82. The Morgan fingerprint density at radius 3 is 2.52 bits per heavy atom. The van der Waals surface area contributed by atoms with Gasteiger partial charge < -0.3 is 5.73 Å². The summed E-state index contributed by atoms with van der Waals surface area (Å²) < 4.78 is 52.6. The topological polar surface area (TPSA) is 63.4 Å². The van der Waals surface area contributed by atoms with Crippen molar-refractivity contribution in [2.45, 2.75) is 11.4 Å². The Labute approximate surface area is 121 Å². The minimum atomic E-state index is -4.19. The maximum Gasteiger partial charge on any atom is 0.267 e. The van der Waals surface area contributed by atoms with Crippen LogP contribution < -0.4 is 10.0 Å². The predicted octanol–water partition coefficient (Wildman–Crippen LogP) is 2.25. The molecule has 0 unspecified atom stereocenters. The van der Waals surface area contributed by atoms with Crippen LogP contribution in [0.3, 0.4) is 0 Å². The lowest BCUT2D eigenvalue weighted by atomic mass is 10.2. The van der Waals surface area contributed by atoms with Gasteiger partial charge in [0.15, 0.2) is 0 Å². The molecule has 2 aromatic carbocycles. The number of benzene rings is 2. The molecule has 0 amide bonds. The SMILES string of the molecule is CN(c1cccc(CN)c1)S(=O)(=O)c1cc(F)ccc1F. The van der Waals surface area contributed by atoms with Crippen LogP contribution in [-0.2, 0) is 16.6 Å². The standard InChI is InChI=1S/C14H14F2N2O2S/c1-18(12-4-2-3-10(7-12)9-17)21(19,20)14-8-11(15)5-6-13(14)16/h2-8H,9,17H2,1H3. The molecule has 0 fully saturated rings. The molecule has 0 aliphatic carbocycles. The van der Waals surface area contributed by atoms with Gasteiger partial charge in [-0.2, -0.15) is 0 Å². The number of hydrogen-bond donors (Lipinski definition) is 1. The van der Waals surface area contributed by atoms with E-state index in [1.54, 1.807) is 24.3 Å². The van der Waals surface area contributed by atoms with Crippen LogP contribution in [0.15, 0.2) is 47.4 Å². The van der Waals surface area contributed by atoms with Crippen LogP contribution in [0.2, 0.25) is 0 Å². The fourth-order valence-corrected chi connectivity index (χ4v) is 3.10. The lowest BCUT2D eigenvalue weighted by Gasteiger charge is -2.20. The molecule has 4 nitrogen and oxygen atoms in total. The maximum absolute atomic E-state index is 13.7. The van der Waals surface area contributed by atoms with E-state index in [2.05, 4.69) is 0 Å². The van der Waals surface area contributed by atoms with E-state index in [1.165, 1.54) is 7.05 Å². The van der Waals surface area contributed by atoms with Gasteiger partial charge in [0.25, 0.3) is 10.0 Å². The number of halogens is 2. The lowest BCUT2D eigenvalue weighted by molar-refractivity contribution is 0.552. The second-order valence-electron chi connectivity index (χ2n) is 4.42. The van der Waals surface area contributed by atoms with Crippen LogP contribution in [0.1, 0.15) is 5.56 Å². The van der Waals surface area contributed by atoms with E-state index < -0.39 is 26.6 Å². The highest BCUT2D eigenvalue weighted by Crippen LogP contribution is 2.25. The van der Waals surface area contributed by atoms with Gasteiger partial charge in [-0.25, -0.2) is 17.2 Å². The molecule has 0 saturated heterocycles. The number of anilines is 1. The normalized spacial score (nSPS) is 11.4. The van der Waals surface area contributed by atoms with Crippen molar-refractivity contribution in [1.29, 1.82) is 0 Å². The number of nitrogens with zero attached hydrogens (tertiary/aromatic N) is 1. The molecule has 0 saturated carbocycles. The quantitative estimate of drug-likeness (QED) is 0.942. The van der Waals surface area contributed by atoms with Crippen LogP contribution in [0.5, 0.6) is 0 Å². The Morgan fingerprint density at radius 1 is 1.14 bits per heavy atom. The first-order valence-corrected chi connectivity index (χ1v) is 7.53. The maximum atomic E-state index is 13.7. The van der Waals surface area contributed by atoms with Crippen LogP contribution in [0.25, 0.3) is 0 Å². The molecule has 0 atom stereocenters. The van der Waals surface area contributed by atoms with Gasteiger partial charge in [0.1, 0.15) is 16.5 Å². The molecule has 0 radical (unpaired) electrons. The monoisotopic (exact) mass is 312 g/mol. The van der Waals surface area contributed by atoms with Crippen molar-refractivity contribution in [2.24, 2.45) is 5.73 Å². The van der Waals surface area contributed by atoms with E-state index in [0.29, 0.717) is 11.8 Å². The first-order chi connectivity index (χ1) is 9.86. The second-order valence-corrected chi connectivity index (χ2v) is 6.36. The van der Waals surface area contributed by atoms with Crippen molar-refractivity contribution in [2.75, 3.05) is 11.4 Å². The first kappa shape index (κ1) is 15.4. The van der Waals surface area contributed by atoms with E-state index in [-0.39, 0.29) is 6.54 Å². The summed E-state index contributed by atoms with van der Waals surface area (Å²) in [4.78, 5) is -0.705. The first-order valence-electron chi connectivity index (χ1n) is 6.09. The van der Waals surface area contributed by atoms with Gasteiger partial charge in [0, 0.05) is 13.6 Å². The lowest BCUT2D eigenvalue weighted by Crippen LogP contribution is -2.27. The average Bonchev–Trinajstić information content (AvgIpc) is 2.48. The van der Waals surface area contributed by atoms with Crippen molar-refractivity contribution >= 4 is 15.7 Å². The second kappa shape index (κ2) is 5.79. The van der Waals surface area contributed by atoms with Crippen molar-refractivity contribution in [3.63, 3.8) is 0 Å². The minimum absolute atomic E-state index is 0.246. The highest BCUT2D eigenvalue weighted by molar-refractivity contribution is 7.92. The molecule has 0 aromatic heterocycles. The molecule has 21 heavy (non-hydrogen) atoms. The summed E-state index contributed by atoms with van der Waals surface area (Å²) in [6.45, 7) is 0.246. The van der Waals surface area contributed by atoms with Crippen LogP contribution in [0.4, 0.5) is 14.5 Å². The third-order valence-electron chi connectivity index (χ3n) is 3.04. The fourth-order valence-electron chi connectivity index (χ4n) is 1.84. The molecular weight excluding hydrogens is 298 g/mol. The predicted molar refractivity (Wildman–Crippen MR) is 76.3 cm³/mol. The fraction of sp³-hybridized carbons (Fsp3) is 0.143. The largest absolute Gasteiger partial charge is 0.326 e. The summed E-state index contributed by atoms with van der Waals surface area (Å²) in [7, 11) is -2.92. The molecular formula is C14H14F2N2O2S. The van der Waals surface area contributed by atoms with Crippen molar-refractivity contribution < 1.29 is 17.2 Å². The molecule has 0 heterocycles. The molecule has 112 valence electrons. The van der Waals surface area contributed by atoms with Crippen LogP contribution in [0, 0.1) is 11.6 Å². The van der Waals surface area contributed by atoms with Crippen molar-refractivity contribution in [3.8, 4) is 0 Å². The third kappa shape index (κ3) is 3.03. The molecule has 0 spiro atoms. The summed E-state index contributed by atoms with van der Waals surface area (Å²) in [5.41, 5.74) is 6.56. The van der Waals surface area contributed by atoms with E-state index in [1.807, 2.05) is 0 Å². The Hall–Kier alpha value is -1.99. The van der Waals surface area contributed by atoms with E-state index in [4.69, 9.17) is 5.73 Å². The molecule has 0 bridgehead atoms. The van der Waals surface area contributed by atoms with Crippen molar-refractivity contribution in [1.82, 2.24) is 0 Å². The van der Waals surface area contributed by atoms with E-state index in [9.17, 15) is 17.2 Å². The smallest absolute Gasteiger partial charge is 0.267 e. The Kier molecular flexibility index (Phi) is 4.24. The summed E-state index contributed by atoms with van der Waals surface area (Å²) in [6.07, 6.45) is 0. The summed E-state index contributed by atoms with van der Waals surface area (Å²) in [6, 6.07) is 8.82. The summed E-state index contributed by atoms with van der Waals surface area (Å²) >= 11 is 0. The third-order valence-corrected chi connectivity index (χ3v) is 4.84. The highest BCUT2D eigenvalue weighted by Gasteiger charge is 2.25. The Bertz CT molecular complexity index is 763. The molecule has 0 aliphatic rings. The Balaban J connectivity index is 2.49. The molecule has 2 aromatic rings. The number of nitrogens with two attached hydrogens (primary N) is 1. The van der Waals surface area contributed by atoms with Gasteiger partial charge in [0.2, 0.25) is 0 Å². The van der Waals surface area contributed by atoms with Crippen molar-refractivity contribution in [3.05, 3.63) is 59.7 Å². The molecule has 7 heteroatoms. The number of rotatable bonds is 4. The Morgan fingerprint density at radius 2 is 1.86 bits per heavy atom. The molecule has 0 aliphatic heterocycles. The van der Waals surface area contributed by atoms with E-state index in [0.717, 1.165) is 22.0 Å². The zero-order valence-corrected chi connectivity index (χ0v) is 12.1.